The van der Waals surface area contributed by atoms with Crippen LogP contribution in [0.5, 0.6) is 5.75 Å². The Labute approximate surface area is 130 Å². The van der Waals surface area contributed by atoms with Crippen LogP contribution in [0.15, 0.2) is 78.9 Å². The molecule has 3 aromatic carbocycles. The lowest BCUT2D eigenvalue weighted by molar-refractivity contribution is 0.220. The topological polar surface area (TPSA) is 29.5 Å². The van der Waals surface area contributed by atoms with Crippen LogP contribution in [0.1, 0.15) is 17.2 Å². The highest BCUT2D eigenvalue weighted by atomic mass is 16.5. The molecule has 0 aliphatic rings. The largest absolute Gasteiger partial charge is 0.497 e. The molecule has 2 heteroatoms. The van der Waals surface area contributed by atoms with Gasteiger partial charge in [-0.1, -0.05) is 66.7 Å². The summed E-state index contributed by atoms with van der Waals surface area (Å²) >= 11 is 0. The average Bonchev–Trinajstić information content (AvgIpc) is 2.62. The molecule has 2 nitrogen and oxygen atoms in total. The quantitative estimate of drug-likeness (QED) is 0.769. The van der Waals surface area contributed by atoms with E-state index in [-0.39, 0.29) is 0 Å². The Morgan fingerprint density at radius 3 is 2.09 bits per heavy atom. The molecule has 0 fully saturated rings. The first-order valence-electron chi connectivity index (χ1n) is 7.25. The molecule has 0 heterocycles. The van der Waals surface area contributed by atoms with Crippen LogP contribution in [-0.2, 0) is 0 Å². The van der Waals surface area contributed by atoms with Crippen molar-refractivity contribution in [1.29, 1.82) is 0 Å². The Morgan fingerprint density at radius 1 is 0.727 bits per heavy atom. The fourth-order valence-electron chi connectivity index (χ4n) is 2.49. The monoisotopic (exact) mass is 290 g/mol. The highest BCUT2D eigenvalue weighted by Gasteiger charge is 2.11. The maximum absolute atomic E-state index is 10.5. The minimum atomic E-state index is -0.653. The first kappa shape index (κ1) is 14.4. The smallest absolute Gasteiger partial charge is 0.119 e. The van der Waals surface area contributed by atoms with Crippen molar-refractivity contribution in [2.45, 2.75) is 6.10 Å². The van der Waals surface area contributed by atoms with Gasteiger partial charge in [0.05, 0.1) is 7.11 Å². The van der Waals surface area contributed by atoms with Gasteiger partial charge in [-0.2, -0.15) is 0 Å². The van der Waals surface area contributed by atoms with E-state index in [2.05, 4.69) is 12.1 Å². The second-order valence-electron chi connectivity index (χ2n) is 5.17. The number of rotatable bonds is 4. The Balaban J connectivity index is 1.86. The molecule has 0 aliphatic heterocycles. The molecule has 0 radical (unpaired) electrons. The lowest BCUT2D eigenvalue weighted by Crippen LogP contribution is -1.99. The SMILES string of the molecule is COc1cccc([C@@H](O)c2ccc(-c3ccccc3)cc2)c1. The van der Waals surface area contributed by atoms with Crippen LogP contribution >= 0.6 is 0 Å². The van der Waals surface area contributed by atoms with Crippen molar-refractivity contribution in [3.63, 3.8) is 0 Å². The van der Waals surface area contributed by atoms with Gasteiger partial charge in [0.1, 0.15) is 11.9 Å². The third-order valence-electron chi connectivity index (χ3n) is 3.74. The van der Waals surface area contributed by atoms with Crippen LogP contribution in [0, 0.1) is 0 Å². The molecule has 1 atom stereocenters. The summed E-state index contributed by atoms with van der Waals surface area (Å²) in [6, 6.07) is 25.7. The zero-order chi connectivity index (χ0) is 15.4. The van der Waals surface area contributed by atoms with E-state index in [1.807, 2.05) is 66.7 Å². The van der Waals surface area contributed by atoms with Crippen molar-refractivity contribution in [3.8, 4) is 16.9 Å². The number of benzene rings is 3. The van der Waals surface area contributed by atoms with E-state index in [1.165, 1.54) is 5.56 Å². The van der Waals surface area contributed by atoms with Gasteiger partial charge in [-0.15, -0.1) is 0 Å². The number of hydrogen-bond acceptors (Lipinski definition) is 2. The summed E-state index contributed by atoms with van der Waals surface area (Å²) in [5.74, 6) is 0.748. The fourth-order valence-corrected chi connectivity index (χ4v) is 2.49. The van der Waals surface area contributed by atoms with Gasteiger partial charge in [0.25, 0.3) is 0 Å². The number of ether oxygens (including phenoxy) is 1. The van der Waals surface area contributed by atoms with Crippen molar-refractivity contribution in [1.82, 2.24) is 0 Å². The second-order valence-corrected chi connectivity index (χ2v) is 5.17. The van der Waals surface area contributed by atoms with E-state index in [4.69, 9.17) is 4.74 Å². The van der Waals surface area contributed by atoms with Gasteiger partial charge < -0.3 is 9.84 Å². The second kappa shape index (κ2) is 6.46. The molecule has 0 aromatic heterocycles. The van der Waals surface area contributed by atoms with E-state index < -0.39 is 6.10 Å². The van der Waals surface area contributed by atoms with E-state index >= 15 is 0 Å². The maximum atomic E-state index is 10.5. The van der Waals surface area contributed by atoms with E-state index in [0.717, 1.165) is 22.4 Å². The van der Waals surface area contributed by atoms with E-state index in [0.29, 0.717) is 0 Å². The first-order valence-corrected chi connectivity index (χ1v) is 7.25. The molecule has 0 amide bonds. The lowest BCUT2D eigenvalue weighted by atomic mass is 9.98. The van der Waals surface area contributed by atoms with E-state index in [9.17, 15) is 5.11 Å². The van der Waals surface area contributed by atoms with Crippen LogP contribution in [0.4, 0.5) is 0 Å². The Bertz CT molecular complexity index is 733. The molecule has 0 unspecified atom stereocenters. The summed E-state index contributed by atoms with van der Waals surface area (Å²) in [5, 5.41) is 10.5. The summed E-state index contributed by atoms with van der Waals surface area (Å²) in [7, 11) is 1.63. The minimum absolute atomic E-state index is 0.653. The van der Waals surface area contributed by atoms with Gasteiger partial charge in [-0.3, -0.25) is 0 Å². The Kier molecular flexibility index (Phi) is 4.22. The lowest BCUT2D eigenvalue weighted by Gasteiger charge is -2.13. The average molecular weight is 290 g/mol. The Hall–Kier alpha value is -2.58. The van der Waals surface area contributed by atoms with Gasteiger partial charge in [-0.25, -0.2) is 0 Å². The predicted octanol–water partition coefficient (Wildman–Crippen LogP) is 4.44. The van der Waals surface area contributed by atoms with Crippen molar-refractivity contribution in [3.05, 3.63) is 90.0 Å². The van der Waals surface area contributed by atoms with Gasteiger partial charge >= 0.3 is 0 Å². The van der Waals surface area contributed by atoms with Crippen LogP contribution in [0.25, 0.3) is 11.1 Å². The van der Waals surface area contributed by atoms with Gasteiger partial charge in [0.15, 0.2) is 0 Å². The Morgan fingerprint density at radius 2 is 1.41 bits per heavy atom. The van der Waals surface area contributed by atoms with Crippen LogP contribution in [0.2, 0.25) is 0 Å². The zero-order valence-corrected chi connectivity index (χ0v) is 12.4. The molecular formula is C20H18O2. The summed E-state index contributed by atoms with van der Waals surface area (Å²) in [6.45, 7) is 0. The molecule has 0 spiro atoms. The third-order valence-corrected chi connectivity index (χ3v) is 3.74. The highest BCUT2D eigenvalue weighted by Crippen LogP contribution is 2.27. The molecule has 3 aromatic rings. The van der Waals surface area contributed by atoms with Gasteiger partial charge in [0.2, 0.25) is 0 Å². The number of methoxy groups -OCH3 is 1. The molecule has 110 valence electrons. The maximum Gasteiger partial charge on any atom is 0.119 e. The van der Waals surface area contributed by atoms with Crippen molar-refractivity contribution >= 4 is 0 Å². The standard InChI is InChI=1S/C20H18O2/c1-22-19-9-5-8-18(14-19)20(21)17-12-10-16(11-13-17)15-6-3-2-4-7-15/h2-14,20-21H,1H3/t20-/m0/s1. The molecule has 1 N–H and O–H groups in total. The molecule has 0 aliphatic carbocycles. The molecule has 3 rings (SSSR count). The van der Waals surface area contributed by atoms with Crippen molar-refractivity contribution in [2.24, 2.45) is 0 Å². The van der Waals surface area contributed by atoms with Crippen LogP contribution in [-0.4, -0.2) is 12.2 Å². The molecule has 0 saturated carbocycles. The van der Waals surface area contributed by atoms with Crippen molar-refractivity contribution < 1.29 is 9.84 Å². The van der Waals surface area contributed by atoms with Gasteiger partial charge in [0, 0.05) is 0 Å². The third kappa shape index (κ3) is 3.02. The van der Waals surface area contributed by atoms with Crippen LogP contribution < -0.4 is 4.74 Å². The summed E-state index contributed by atoms with van der Waals surface area (Å²) < 4.78 is 5.21. The molecule has 22 heavy (non-hydrogen) atoms. The molecule has 0 saturated heterocycles. The normalized spacial score (nSPS) is 11.9. The number of aliphatic hydroxyl groups is 1. The van der Waals surface area contributed by atoms with E-state index in [1.54, 1.807) is 7.11 Å². The van der Waals surface area contributed by atoms with Crippen LogP contribution in [0.3, 0.4) is 0 Å². The highest BCUT2D eigenvalue weighted by molar-refractivity contribution is 5.63. The molecular weight excluding hydrogens is 272 g/mol. The van der Waals surface area contributed by atoms with Crippen molar-refractivity contribution in [2.75, 3.05) is 7.11 Å². The predicted molar refractivity (Wildman–Crippen MR) is 88.9 cm³/mol. The summed E-state index contributed by atoms with van der Waals surface area (Å²) in [6.07, 6.45) is -0.653. The summed E-state index contributed by atoms with van der Waals surface area (Å²) in [5.41, 5.74) is 4.01. The molecule has 0 bridgehead atoms. The number of aliphatic hydroxyl groups excluding tert-OH is 1. The summed E-state index contributed by atoms with van der Waals surface area (Å²) in [4.78, 5) is 0. The zero-order valence-electron chi connectivity index (χ0n) is 12.4. The fraction of sp³-hybridized carbons (Fsp3) is 0.100. The first-order chi connectivity index (χ1) is 10.8. The minimum Gasteiger partial charge on any atom is -0.497 e. The van der Waals surface area contributed by atoms with Gasteiger partial charge in [-0.05, 0) is 34.4 Å². The number of hydrogen-bond donors (Lipinski definition) is 1.